The summed E-state index contributed by atoms with van der Waals surface area (Å²) in [6.45, 7) is 13.1. The quantitative estimate of drug-likeness (QED) is 0.738. The summed E-state index contributed by atoms with van der Waals surface area (Å²) >= 11 is 0. The Bertz CT molecular complexity index is 190. The number of rotatable bonds is 3. The van der Waals surface area contributed by atoms with Crippen molar-refractivity contribution >= 4 is 0 Å². The third kappa shape index (κ3) is 3.56. The Labute approximate surface area is 87.8 Å². The first-order valence-corrected chi connectivity index (χ1v) is 5.37. The van der Waals surface area contributed by atoms with Crippen molar-refractivity contribution in [3.05, 3.63) is 0 Å². The van der Waals surface area contributed by atoms with E-state index in [1.165, 1.54) is 0 Å². The third-order valence-corrected chi connectivity index (χ3v) is 2.81. The van der Waals surface area contributed by atoms with Crippen LogP contribution in [0.5, 0.6) is 0 Å². The zero-order chi connectivity index (χ0) is 10.8. The topological polar surface area (TPSA) is 24.5 Å². The number of nitrogens with zero attached hydrogens (tertiary/aromatic N) is 1. The van der Waals surface area contributed by atoms with Gasteiger partial charge in [0.15, 0.2) is 0 Å². The molecule has 0 aromatic heterocycles. The maximum absolute atomic E-state index is 5.45. The third-order valence-electron chi connectivity index (χ3n) is 2.81. The highest BCUT2D eigenvalue weighted by Gasteiger charge is 2.29. The molecule has 0 saturated carbocycles. The van der Waals surface area contributed by atoms with E-state index in [0.29, 0.717) is 0 Å². The van der Waals surface area contributed by atoms with Gasteiger partial charge in [-0.05, 0) is 27.7 Å². The molecule has 0 amide bonds. The van der Waals surface area contributed by atoms with E-state index < -0.39 is 0 Å². The number of hydrogen-bond acceptors (Lipinski definition) is 3. The number of ether oxygens (including phenoxy) is 1. The standard InChI is InChI=1S/C11H24N2O/c1-10(2)8-13(7-6-12-10)9-11(3,4)14-5/h12H,6-9H2,1-5H3. The highest BCUT2D eigenvalue weighted by molar-refractivity contribution is 4.88. The van der Waals surface area contributed by atoms with E-state index in [2.05, 4.69) is 37.9 Å². The van der Waals surface area contributed by atoms with Gasteiger partial charge in [-0.3, -0.25) is 4.90 Å². The molecule has 1 saturated heterocycles. The average molecular weight is 200 g/mol. The molecule has 1 fully saturated rings. The molecular formula is C11H24N2O. The maximum atomic E-state index is 5.45. The molecule has 0 radical (unpaired) electrons. The van der Waals surface area contributed by atoms with Crippen molar-refractivity contribution in [3.63, 3.8) is 0 Å². The van der Waals surface area contributed by atoms with Gasteiger partial charge in [0.05, 0.1) is 5.60 Å². The molecule has 3 heteroatoms. The van der Waals surface area contributed by atoms with Crippen molar-refractivity contribution in [1.82, 2.24) is 10.2 Å². The minimum absolute atomic E-state index is 0.0343. The van der Waals surface area contributed by atoms with Crippen LogP contribution in [0.1, 0.15) is 27.7 Å². The van der Waals surface area contributed by atoms with Gasteiger partial charge in [0.2, 0.25) is 0 Å². The summed E-state index contributed by atoms with van der Waals surface area (Å²) in [7, 11) is 1.79. The lowest BCUT2D eigenvalue weighted by Gasteiger charge is -2.42. The second kappa shape index (κ2) is 4.17. The lowest BCUT2D eigenvalue weighted by molar-refractivity contribution is -0.0178. The fourth-order valence-electron chi connectivity index (χ4n) is 1.98. The Morgan fingerprint density at radius 1 is 1.43 bits per heavy atom. The van der Waals surface area contributed by atoms with E-state index in [0.717, 1.165) is 26.2 Å². The second-order valence-electron chi connectivity index (χ2n) is 5.49. The summed E-state index contributed by atoms with van der Waals surface area (Å²) < 4.78 is 5.45. The molecule has 84 valence electrons. The van der Waals surface area contributed by atoms with E-state index in [9.17, 15) is 0 Å². The Morgan fingerprint density at radius 2 is 2.07 bits per heavy atom. The summed E-state index contributed by atoms with van der Waals surface area (Å²) in [5.41, 5.74) is 0.204. The van der Waals surface area contributed by atoms with Gasteiger partial charge >= 0.3 is 0 Å². The van der Waals surface area contributed by atoms with Gasteiger partial charge in [0, 0.05) is 38.8 Å². The summed E-state index contributed by atoms with van der Waals surface area (Å²) in [6.07, 6.45) is 0. The van der Waals surface area contributed by atoms with Crippen molar-refractivity contribution < 1.29 is 4.74 Å². The van der Waals surface area contributed by atoms with Crippen molar-refractivity contribution in [2.75, 3.05) is 33.3 Å². The molecule has 0 aromatic rings. The number of piperazine rings is 1. The predicted molar refractivity (Wildman–Crippen MR) is 59.6 cm³/mol. The van der Waals surface area contributed by atoms with Crippen LogP contribution >= 0.6 is 0 Å². The van der Waals surface area contributed by atoms with Crippen LogP contribution in [-0.2, 0) is 4.74 Å². The molecule has 1 aliphatic rings. The van der Waals surface area contributed by atoms with Crippen LogP contribution in [0.25, 0.3) is 0 Å². The van der Waals surface area contributed by atoms with Gasteiger partial charge in [-0.25, -0.2) is 0 Å². The van der Waals surface area contributed by atoms with Crippen LogP contribution in [0.3, 0.4) is 0 Å². The predicted octanol–water partition coefficient (Wildman–Crippen LogP) is 1.10. The molecule has 0 aromatic carbocycles. The molecule has 1 N–H and O–H groups in total. The average Bonchev–Trinajstić information content (AvgIpc) is 2.01. The van der Waals surface area contributed by atoms with Gasteiger partial charge in [-0.15, -0.1) is 0 Å². The summed E-state index contributed by atoms with van der Waals surface area (Å²) in [4.78, 5) is 2.47. The number of hydrogen-bond donors (Lipinski definition) is 1. The molecule has 14 heavy (non-hydrogen) atoms. The first kappa shape index (κ1) is 12.0. The normalized spacial score (nSPS) is 23.8. The lowest BCUT2D eigenvalue weighted by atomic mass is 10.0. The van der Waals surface area contributed by atoms with Gasteiger partial charge in [-0.2, -0.15) is 0 Å². The number of nitrogens with one attached hydrogen (secondary N) is 1. The fraction of sp³-hybridized carbons (Fsp3) is 1.00. The zero-order valence-corrected chi connectivity index (χ0v) is 10.2. The van der Waals surface area contributed by atoms with Crippen molar-refractivity contribution in [3.8, 4) is 0 Å². The van der Waals surface area contributed by atoms with E-state index >= 15 is 0 Å². The molecule has 0 aliphatic carbocycles. The Balaban J connectivity index is 2.46. The van der Waals surface area contributed by atoms with Gasteiger partial charge in [0.1, 0.15) is 0 Å². The molecule has 1 rings (SSSR count). The largest absolute Gasteiger partial charge is 0.377 e. The number of methoxy groups -OCH3 is 1. The SMILES string of the molecule is COC(C)(C)CN1CCNC(C)(C)C1. The van der Waals surface area contributed by atoms with E-state index in [4.69, 9.17) is 4.74 Å². The highest BCUT2D eigenvalue weighted by Crippen LogP contribution is 2.15. The molecule has 0 spiro atoms. The van der Waals surface area contributed by atoms with Crippen LogP contribution in [-0.4, -0.2) is 49.3 Å². The second-order valence-corrected chi connectivity index (χ2v) is 5.49. The molecule has 0 atom stereocenters. The van der Waals surface area contributed by atoms with Crippen LogP contribution in [0, 0.1) is 0 Å². The van der Waals surface area contributed by atoms with Crippen molar-refractivity contribution in [2.45, 2.75) is 38.8 Å². The monoisotopic (exact) mass is 200 g/mol. The molecule has 0 bridgehead atoms. The van der Waals surface area contributed by atoms with E-state index in [1.54, 1.807) is 7.11 Å². The molecule has 0 unspecified atom stereocenters. The van der Waals surface area contributed by atoms with Crippen LogP contribution in [0.4, 0.5) is 0 Å². The maximum Gasteiger partial charge on any atom is 0.0749 e. The van der Waals surface area contributed by atoms with Crippen LogP contribution in [0.15, 0.2) is 0 Å². The lowest BCUT2D eigenvalue weighted by Crippen LogP contribution is -2.59. The molecule has 3 nitrogen and oxygen atoms in total. The summed E-state index contributed by atoms with van der Waals surface area (Å²) in [5, 5.41) is 3.51. The van der Waals surface area contributed by atoms with Gasteiger partial charge < -0.3 is 10.1 Å². The minimum atomic E-state index is -0.0343. The van der Waals surface area contributed by atoms with Crippen LogP contribution < -0.4 is 5.32 Å². The van der Waals surface area contributed by atoms with Crippen molar-refractivity contribution in [2.24, 2.45) is 0 Å². The van der Waals surface area contributed by atoms with Crippen LogP contribution in [0.2, 0.25) is 0 Å². The summed E-state index contributed by atoms with van der Waals surface area (Å²) in [6, 6.07) is 0. The summed E-state index contributed by atoms with van der Waals surface area (Å²) in [5.74, 6) is 0. The molecule has 1 aliphatic heterocycles. The highest BCUT2D eigenvalue weighted by atomic mass is 16.5. The molecule has 1 heterocycles. The first-order chi connectivity index (χ1) is 6.35. The molecular weight excluding hydrogens is 176 g/mol. The Morgan fingerprint density at radius 3 is 2.57 bits per heavy atom. The Hall–Kier alpha value is -0.120. The minimum Gasteiger partial charge on any atom is -0.377 e. The zero-order valence-electron chi connectivity index (χ0n) is 10.2. The van der Waals surface area contributed by atoms with Gasteiger partial charge in [-0.1, -0.05) is 0 Å². The fourth-order valence-corrected chi connectivity index (χ4v) is 1.98. The van der Waals surface area contributed by atoms with Crippen molar-refractivity contribution in [1.29, 1.82) is 0 Å². The van der Waals surface area contributed by atoms with Gasteiger partial charge in [0.25, 0.3) is 0 Å². The van der Waals surface area contributed by atoms with E-state index in [-0.39, 0.29) is 11.1 Å². The smallest absolute Gasteiger partial charge is 0.0749 e. The van der Waals surface area contributed by atoms with E-state index in [1.807, 2.05) is 0 Å². The Kier molecular flexibility index (Phi) is 3.56. The first-order valence-electron chi connectivity index (χ1n) is 5.37.